The second-order valence-electron chi connectivity index (χ2n) is 4.81. The van der Waals surface area contributed by atoms with E-state index in [1.165, 1.54) is 0 Å². The van der Waals surface area contributed by atoms with Crippen molar-refractivity contribution in [2.75, 3.05) is 24.2 Å². The Morgan fingerprint density at radius 3 is 2.89 bits per heavy atom. The molecule has 1 aromatic carbocycles. The number of rotatable bonds is 3. The van der Waals surface area contributed by atoms with Crippen molar-refractivity contribution in [1.29, 1.82) is 5.26 Å². The Hall–Kier alpha value is -1.18. The van der Waals surface area contributed by atoms with Crippen LogP contribution in [0.3, 0.4) is 0 Å². The van der Waals surface area contributed by atoms with Crippen LogP contribution in [-0.2, 0) is 0 Å². The van der Waals surface area contributed by atoms with Crippen molar-refractivity contribution in [3.05, 3.63) is 23.8 Å². The molecule has 2 unspecified atom stereocenters. The fourth-order valence-corrected chi connectivity index (χ4v) is 3.26. The monoisotopic (exact) mass is 261 g/mol. The van der Waals surface area contributed by atoms with Gasteiger partial charge in [-0.1, -0.05) is 6.07 Å². The molecule has 96 valence electrons. The molecule has 0 radical (unpaired) electrons. The van der Waals surface area contributed by atoms with Crippen LogP contribution in [0.25, 0.3) is 0 Å². The Labute approximate surface area is 113 Å². The van der Waals surface area contributed by atoms with E-state index >= 15 is 0 Å². The van der Waals surface area contributed by atoms with E-state index in [-0.39, 0.29) is 0 Å². The maximum atomic E-state index is 9.39. The summed E-state index contributed by atoms with van der Waals surface area (Å²) in [6.07, 6.45) is 3.13. The number of thioether (sulfide) groups is 1. The smallest absolute Gasteiger partial charge is 0.103 e. The number of hydrogen-bond donors (Lipinski definition) is 1. The van der Waals surface area contributed by atoms with Gasteiger partial charge in [0.15, 0.2) is 0 Å². The van der Waals surface area contributed by atoms with Crippen LogP contribution in [0.2, 0.25) is 0 Å². The first-order valence-corrected chi connectivity index (χ1v) is 7.47. The number of hydrogen-bond acceptors (Lipinski definition) is 4. The first-order valence-electron chi connectivity index (χ1n) is 6.25. The van der Waals surface area contributed by atoms with Gasteiger partial charge in [-0.2, -0.15) is 5.26 Å². The molecule has 2 atom stereocenters. The summed E-state index contributed by atoms with van der Waals surface area (Å²) in [6, 6.07) is 8.90. The fraction of sp³-hybridized carbons (Fsp3) is 0.500. The zero-order valence-electron chi connectivity index (χ0n) is 10.9. The van der Waals surface area contributed by atoms with Crippen molar-refractivity contribution >= 4 is 17.4 Å². The molecule has 3 nitrogen and oxygen atoms in total. The maximum absolute atomic E-state index is 9.39. The van der Waals surface area contributed by atoms with Gasteiger partial charge in [0.25, 0.3) is 0 Å². The summed E-state index contributed by atoms with van der Waals surface area (Å²) in [4.78, 5) is 3.38. The molecule has 0 amide bonds. The molecule has 1 saturated heterocycles. The molecule has 1 aliphatic heterocycles. The fourth-order valence-electron chi connectivity index (χ4n) is 2.69. The van der Waals surface area contributed by atoms with Gasteiger partial charge in [0.2, 0.25) is 0 Å². The minimum absolute atomic E-state index is 0.461. The van der Waals surface area contributed by atoms with E-state index in [2.05, 4.69) is 17.9 Å². The molecular weight excluding hydrogens is 242 g/mol. The van der Waals surface area contributed by atoms with E-state index in [1.807, 2.05) is 24.5 Å². The number of nitrogens with zero attached hydrogens (tertiary/aromatic N) is 2. The van der Waals surface area contributed by atoms with Gasteiger partial charge < -0.3 is 10.6 Å². The lowest BCUT2D eigenvalue weighted by Gasteiger charge is -2.25. The molecule has 1 aliphatic rings. The van der Waals surface area contributed by atoms with Crippen LogP contribution in [0.15, 0.2) is 23.1 Å². The van der Waals surface area contributed by atoms with Gasteiger partial charge in [0.05, 0.1) is 11.3 Å². The van der Waals surface area contributed by atoms with Crippen molar-refractivity contribution in [3.63, 3.8) is 0 Å². The zero-order valence-corrected chi connectivity index (χ0v) is 11.7. The highest BCUT2D eigenvalue weighted by Gasteiger charge is 2.29. The third kappa shape index (κ3) is 2.33. The minimum Gasteiger partial charge on any atom is -0.367 e. The van der Waals surface area contributed by atoms with E-state index in [0.717, 1.165) is 35.7 Å². The molecule has 2 N–H and O–H groups in total. The Balaban J connectivity index is 2.37. The van der Waals surface area contributed by atoms with Crippen molar-refractivity contribution in [2.45, 2.75) is 24.3 Å². The summed E-state index contributed by atoms with van der Waals surface area (Å²) in [5.41, 5.74) is 7.63. The summed E-state index contributed by atoms with van der Waals surface area (Å²) < 4.78 is 0. The molecule has 0 spiro atoms. The molecular formula is C14H19N3S. The Kier molecular flexibility index (Phi) is 4.15. The summed E-state index contributed by atoms with van der Waals surface area (Å²) in [5.74, 6) is 0.546. The first kappa shape index (κ1) is 13.3. The Morgan fingerprint density at radius 1 is 1.56 bits per heavy atom. The highest BCUT2D eigenvalue weighted by Crippen LogP contribution is 2.34. The predicted octanol–water partition coefficient (Wildman–Crippen LogP) is 2.45. The zero-order chi connectivity index (χ0) is 13.1. The molecule has 0 saturated carbocycles. The van der Waals surface area contributed by atoms with Crippen molar-refractivity contribution in [3.8, 4) is 6.07 Å². The summed E-state index contributed by atoms with van der Waals surface area (Å²) in [7, 11) is 0. The highest BCUT2D eigenvalue weighted by atomic mass is 32.2. The van der Waals surface area contributed by atoms with Crippen molar-refractivity contribution in [1.82, 2.24) is 0 Å². The molecule has 0 aliphatic carbocycles. The van der Waals surface area contributed by atoms with Crippen LogP contribution in [0.4, 0.5) is 5.69 Å². The van der Waals surface area contributed by atoms with E-state index < -0.39 is 0 Å². The van der Waals surface area contributed by atoms with Gasteiger partial charge in [-0.25, -0.2) is 0 Å². The van der Waals surface area contributed by atoms with Gasteiger partial charge >= 0.3 is 0 Å². The minimum atomic E-state index is 0.461. The van der Waals surface area contributed by atoms with Gasteiger partial charge in [-0.15, -0.1) is 11.8 Å². The first-order chi connectivity index (χ1) is 8.71. The molecule has 0 bridgehead atoms. The Morgan fingerprint density at radius 2 is 2.33 bits per heavy atom. The molecule has 1 fully saturated rings. The van der Waals surface area contributed by atoms with Crippen LogP contribution >= 0.6 is 11.8 Å². The summed E-state index contributed by atoms with van der Waals surface area (Å²) >= 11 is 1.63. The second-order valence-corrected chi connectivity index (χ2v) is 5.65. The van der Waals surface area contributed by atoms with Crippen LogP contribution in [0.1, 0.15) is 18.9 Å². The van der Waals surface area contributed by atoms with Crippen molar-refractivity contribution in [2.24, 2.45) is 11.7 Å². The van der Waals surface area contributed by atoms with Gasteiger partial charge in [-0.05, 0) is 44.2 Å². The van der Waals surface area contributed by atoms with Crippen LogP contribution in [0.5, 0.6) is 0 Å². The number of benzene rings is 1. The van der Waals surface area contributed by atoms with Gasteiger partial charge in [0.1, 0.15) is 6.07 Å². The summed E-state index contributed by atoms with van der Waals surface area (Å²) in [6.45, 7) is 3.90. The number of anilines is 1. The summed E-state index contributed by atoms with van der Waals surface area (Å²) in [5, 5.41) is 9.39. The quantitative estimate of drug-likeness (QED) is 0.849. The number of nitrogens with two attached hydrogens (primary N) is 1. The van der Waals surface area contributed by atoms with E-state index in [1.54, 1.807) is 11.8 Å². The topological polar surface area (TPSA) is 53.0 Å². The highest BCUT2D eigenvalue weighted by molar-refractivity contribution is 7.98. The lowest BCUT2D eigenvalue weighted by molar-refractivity contribution is 0.579. The molecule has 0 aromatic heterocycles. The average molecular weight is 261 g/mol. The largest absolute Gasteiger partial charge is 0.367 e. The SMILES string of the molecule is CSc1cccc(N2CC(CN)CC2C)c1C#N. The van der Waals surface area contributed by atoms with Gasteiger partial charge in [0, 0.05) is 17.5 Å². The van der Waals surface area contributed by atoms with E-state index in [0.29, 0.717) is 12.0 Å². The van der Waals surface area contributed by atoms with Gasteiger partial charge in [-0.3, -0.25) is 0 Å². The lowest BCUT2D eigenvalue weighted by Crippen LogP contribution is -2.28. The molecule has 18 heavy (non-hydrogen) atoms. The predicted molar refractivity (Wildman–Crippen MR) is 76.9 cm³/mol. The molecule has 2 rings (SSSR count). The molecule has 1 heterocycles. The third-order valence-corrected chi connectivity index (χ3v) is 4.42. The van der Waals surface area contributed by atoms with Crippen LogP contribution in [-0.4, -0.2) is 25.4 Å². The third-order valence-electron chi connectivity index (χ3n) is 3.64. The molecule has 1 aromatic rings. The standard InChI is InChI=1S/C14H19N3S/c1-10-6-11(7-15)9-17(10)13-4-3-5-14(18-2)12(13)8-16/h3-5,10-11H,6-7,9,15H2,1-2H3. The molecule has 4 heteroatoms. The Bertz CT molecular complexity index is 467. The number of nitriles is 1. The van der Waals surface area contributed by atoms with Crippen LogP contribution in [0, 0.1) is 17.2 Å². The maximum Gasteiger partial charge on any atom is 0.103 e. The lowest BCUT2D eigenvalue weighted by atomic mass is 10.1. The van der Waals surface area contributed by atoms with E-state index in [4.69, 9.17) is 5.73 Å². The van der Waals surface area contributed by atoms with E-state index in [9.17, 15) is 5.26 Å². The normalized spacial score (nSPS) is 23.1. The van der Waals surface area contributed by atoms with Crippen LogP contribution < -0.4 is 10.6 Å². The van der Waals surface area contributed by atoms with Crippen molar-refractivity contribution < 1.29 is 0 Å². The average Bonchev–Trinajstić information content (AvgIpc) is 2.78. The second kappa shape index (κ2) is 5.64.